The molecule has 1 atom stereocenters. The number of hydrogen-bond acceptors (Lipinski definition) is 3. The second-order valence-corrected chi connectivity index (χ2v) is 5.46. The molecule has 1 heterocycles. The maximum atomic E-state index is 11.8. The Morgan fingerprint density at radius 2 is 2.00 bits per heavy atom. The van der Waals surface area contributed by atoms with Crippen LogP contribution in [0.3, 0.4) is 0 Å². The van der Waals surface area contributed by atoms with Gasteiger partial charge in [0.25, 0.3) is 0 Å². The number of carbonyl (C=O) groups is 1. The quantitative estimate of drug-likeness (QED) is 0.740. The Hall–Kier alpha value is -1.39. The van der Waals surface area contributed by atoms with E-state index in [-0.39, 0.29) is 12.5 Å². The van der Waals surface area contributed by atoms with Crippen molar-refractivity contribution < 1.29 is 9.90 Å². The number of hydrogen-bond donors (Lipinski definition) is 3. The Labute approximate surface area is 120 Å². The maximum Gasteiger partial charge on any atom is 0.220 e. The van der Waals surface area contributed by atoms with Gasteiger partial charge in [-0.05, 0) is 43.8 Å². The summed E-state index contributed by atoms with van der Waals surface area (Å²) in [5.74, 6) is 0.708. The number of rotatable bonds is 6. The van der Waals surface area contributed by atoms with Crippen LogP contribution < -0.4 is 10.6 Å². The topological polar surface area (TPSA) is 61.4 Å². The summed E-state index contributed by atoms with van der Waals surface area (Å²) >= 11 is 0. The molecule has 0 radical (unpaired) electrons. The summed E-state index contributed by atoms with van der Waals surface area (Å²) in [6.45, 7) is 2.42. The Balaban J connectivity index is 1.64. The molecule has 4 heteroatoms. The van der Waals surface area contributed by atoms with Crippen LogP contribution in [0.15, 0.2) is 30.3 Å². The van der Waals surface area contributed by atoms with Gasteiger partial charge in [-0.3, -0.25) is 4.79 Å². The van der Waals surface area contributed by atoms with E-state index in [0.717, 1.165) is 25.1 Å². The highest BCUT2D eigenvalue weighted by Crippen LogP contribution is 2.17. The molecule has 3 N–H and O–H groups in total. The molecular weight excluding hydrogens is 252 g/mol. The standard InChI is InChI=1S/C16H24N2O2/c19-15(14-4-2-1-3-5-14)12-18-16(20)7-6-13-8-10-17-11-9-13/h1-5,13,15,17,19H,6-12H2,(H,18,20). The van der Waals surface area contributed by atoms with Crippen LogP contribution in [-0.4, -0.2) is 30.6 Å². The SMILES string of the molecule is O=C(CCC1CCNCC1)NCC(O)c1ccccc1. The van der Waals surface area contributed by atoms with E-state index in [9.17, 15) is 9.90 Å². The highest BCUT2D eigenvalue weighted by molar-refractivity contribution is 5.75. The second kappa shape index (κ2) is 8.02. The van der Waals surface area contributed by atoms with Gasteiger partial charge >= 0.3 is 0 Å². The number of piperidine rings is 1. The summed E-state index contributed by atoms with van der Waals surface area (Å²) in [6.07, 6.45) is 3.22. The molecule has 110 valence electrons. The molecule has 1 amide bonds. The predicted octanol–water partition coefficient (Wildman–Crippen LogP) is 1.62. The largest absolute Gasteiger partial charge is 0.387 e. The molecule has 0 aromatic heterocycles. The van der Waals surface area contributed by atoms with Crippen LogP contribution in [-0.2, 0) is 4.79 Å². The fourth-order valence-electron chi connectivity index (χ4n) is 2.60. The van der Waals surface area contributed by atoms with Crippen molar-refractivity contribution in [2.45, 2.75) is 31.8 Å². The minimum Gasteiger partial charge on any atom is -0.387 e. The summed E-state index contributed by atoms with van der Waals surface area (Å²) < 4.78 is 0. The lowest BCUT2D eigenvalue weighted by Gasteiger charge is -2.22. The van der Waals surface area contributed by atoms with Crippen molar-refractivity contribution in [2.75, 3.05) is 19.6 Å². The van der Waals surface area contributed by atoms with Crippen molar-refractivity contribution in [1.29, 1.82) is 0 Å². The zero-order valence-electron chi connectivity index (χ0n) is 11.8. The van der Waals surface area contributed by atoms with Crippen molar-refractivity contribution in [3.63, 3.8) is 0 Å². The smallest absolute Gasteiger partial charge is 0.220 e. The number of amides is 1. The maximum absolute atomic E-state index is 11.8. The van der Waals surface area contributed by atoms with Crippen molar-refractivity contribution in [3.05, 3.63) is 35.9 Å². The molecule has 1 aliphatic rings. The molecule has 20 heavy (non-hydrogen) atoms. The lowest BCUT2D eigenvalue weighted by molar-refractivity contribution is -0.121. The number of aliphatic hydroxyl groups excluding tert-OH is 1. The first kappa shape index (κ1) is 15.0. The average Bonchev–Trinajstić information content (AvgIpc) is 2.52. The van der Waals surface area contributed by atoms with Gasteiger partial charge in [0.15, 0.2) is 0 Å². The van der Waals surface area contributed by atoms with Crippen LogP contribution in [0.2, 0.25) is 0 Å². The minimum atomic E-state index is -0.626. The summed E-state index contributed by atoms with van der Waals surface area (Å²) in [5.41, 5.74) is 0.839. The Kier molecular flexibility index (Phi) is 6.02. The molecule has 1 aromatic rings. The van der Waals surface area contributed by atoms with Crippen LogP contribution in [0.5, 0.6) is 0 Å². The lowest BCUT2D eigenvalue weighted by atomic mass is 9.93. The van der Waals surface area contributed by atoms with Gasteiger partial charge in [-0.1, -0.05) is 30.3 Å². The minimum absolute atomic E-state index is 0.0403. The number of aliphatic hydroxyl groups is 1. The van der Waals surface area contributed by atoms with Gasteiger partial charge in [0.2, 0.25) is 5.91 Å². The van der Waals surface area contributed by atoms with E-state index in [1.807, 2.05) is 30.3 Å². The van der Waals surface area contributed by atoms with E-state index < -0.39 is 6.10 Å². The van der Waals surface area contributed by atoms with Crippen LogP contribution in [0.25, 0.3) is 0 Å². The van der Waals surface area contributed by atoms with Gasteiger partial charge in [0, 0.05) is 13.0 Å². The zero-order valence-corrected chi connectivity index (χ0v) is 11.8. The highest BCUT2D eigenvalue weighted by Gasteiger charge is 2.15. The highest BCUT2D eigenvalue weighted by atomic mass is 16.3. The fourth-order valence-corrected chi connectivity index (χ4v) is 2.60. The molecule has 1 unspecified atom stereocenters. The third kappa shape index (κ3) is 4.94. The normalized spacial score (nSPS) is 17.6. The monoisotopic (exact) mass is 276 g/mol. The predicted molar refractivity (Wildman–Crippen MR) is 79.2 cm³/mol. The summed E-state index contributed by atoms with van der Waals surface area (Å²) in [4.78, 5) is 11.8. The third-order valence-electron chi connectivity index (χ3n) is 3.92. The molecule has 0 spiro atoms. The van der Waals surface area contributed by atoms with Crippen molar-refractivity contribution in [1.82, 2.24) is 10.6 Å². The number of carbonyl (C=O) groups excluding carboxylic acids is 1. The molecule has 2 rings (SSSR count). The third-order valence-corrected chi connectivity index (χ3v) is 3.92. The van der Waals surface area contributed by atoms with E-state index in [1.54, 1.807) is 0 Å². The summed E-state index contributed by atoms with van der Waals surface area (Å²) in [7, 11) is 0. The first-order valence-corrected chi connectivity index (χ1v) is 7.46. The summed E-state index contributed by atoms with van der Waals surface area (Å²) in [5, 5.41) is 16.1. The van der Waals surface area contributed by atoms with Gasteiger partial charge in [-0.2, -0.15) is 0 Å². The van der Waals surface area contributed by atoms with Crippen LogP contribution in [0.1, 0.15) is 37.4 Å². The van der Waals surface area contributed by atoms with Crippen LogP contribution >= 0.6 is 0 Å². The molecule has 4 nitrogen and oxygen atoms in total. The molecule has 1 aromatic carbocycles. The molecular formula is C16H24N2O2. The molecule has 0 saturated carbocycles. The van der Waals surface area contributed by atoms with Gasteiger partial charge in [0.05, 0.1) is 6.10 Å². The summed E-state index contributed by atoms with van der Waals surface area (Å²) in [6, 6.07) is 9.42. The average molecular weight is 276 g/mol. The Morgan fingerprint density at radius 3 is 2.70 bits per heavy atom. The van der Waals surface area contributed by atoms with Crippen molar-refractivity contribution >= 4 is 5.91 Å². The second-order valence-electron chi connectivity index (χ2n) is 5.46. The first-order valence-electron chi connectivity index (χ1n) is 7.46. The van der Waals surface area contributed by atoms with Gasteiger partial charge in [-0.15, -0.1) is 0 Å². The Bertz CT molecular complexity index is 402. The fraction of sp³-hybridized carbons (Fsp3) is 0.562. The first-order chi connectivity index (χ1) is 9.75. The van der Waals surface area contributed by atoms with E-state index in [2.05, 4.69) is 10.6 Å². The van der Waals surface area contributed by atoms with Crippen molar-refractivity contribution in [2.24, 2.45) is 5.92 Å². The molecule has 0 bridgehead atoms. The van der Waals surface area contributed by atoms with Crippen LogP contribution in [0.4, 0.5) is 0 Å². The van der Waals surface area contributed by atoms with Crippen molar-refractivity contribution in [3.8, 4) is 0 Å². The lowest BCUT2D eigenvalue weighted by Crippen LogP contribution is -2.31. The molecule has 0 aliphatic carbocycles. The zero-order chi connectivity index (χ0) is 14.2. The van der Waals surface area contributed by atoms with E-state index in [4.69, 9.17) is 0 Å². The molecule has 1 aliphatic heterocycles. The van der Waals surface area contributed by atoms with Gasteiger partial charge in [-0.25, -0.2) is 0 Å². The molecule has 1 fully saturated rings. The Morgan fingerprint density at radius 1 is 1.30 bits per heavy atom. The van der Waals surface area contributed by atoms with Crippen LogP contribution in [0, 0.1) is 5.92 Å². The number of benzene rings is 1. The molecule has 1 saturated heterocycles. The van der Waals surface area contributed by atoms with E-state index >= 15 is 0 Å². The van der Waals surface area contributed by atoms with Gasteiger partial charge < -0.3 is 15.7 Å². The number of nitrogens with one attached hydrogen (secondary N) is 2. The van der Waals surface area contributed by atoms with E-state index in [1.165, 1.54) is 12.8 Å². The van der Waals surface area contributed by atoms with Gasteiger partial charge in [0.1, 0.15) is 0 Å². The van der Waals surface area contributed by atoms with E-state index in [0.29, 0.717) is 12.3 Å².